The van der Waals surface area contributed by atoms with E-state index in [4.69, 9.17) is 5.73 Å². The van der Waals surface area contributed by atoms with Gasteiger partial charge in [-0.2, -0.15) is 13.2 Å². The summed E-state index contributed by atoms with van der Waals surface area (Å²) in [4.78, 5) is 3.43. The first kappa shape index (κ1) is 17.5. The van der Waals surface area contributed by atoms with Crippen molar-refractivity contribution in [2.45, 2.75) is 45.8 Å². The van der Waals surface area contributed by atoms with E-state index in [0.717, 1.165) is 35.6 Å². The molecule has 5 heteroatoms. The third kappa shape index (κ3) is 4.10. The van der Waals surface area contributed by atoms with E-state index in [1.54, 1.807) is 6.07 Å². The van der Waals surface area contributed by atoms with Gasteiger partial charge in [-0.3, -0.25) is 4.98 Å². The second-order valence-corrected chi connectivity index (χ2v) is 5.98. The lowest BCUT2D eigenvalue weighted by Gasteiger charge is -2.18. The van der Waals surface area contributed by atoms with Gasteiger partial charge >= 0.3 is 6.18 Å². The molecular formula is C18H21F3N2. The van der Waals surface area contributed by atoms with E-state index in [9.17, 15) is 13.2 Å². The van der Waals surface area contributed by atoms with Gasteiger partial charge in [0.15, 0.2) is 0 Å². The van der Waals surface area contributed by atoms with E-state index in [1.807, 2.05) is 26.0 Å². The van der Waals surface area contributed by atoms with Crippen molar-refractivity contribution < 1.29 is 13.2 Å². The number of hydrogen-bond acceptors (Lipinski definition) is 2. The van der Waals surface area contributed by atoms with Crippen molar-refractivity contribution in [2.75, 3.05) is 0 Å². The Kier molecular flexibility index (Phi) is 5.09. The molecule has 0 saturated carbocycles. The summed E-state index contributed by atoms with van der Waals surface area (Å²) in [6.07, 6.45) is 2.21. The predicted octanol–water partition coefficient (Wildman–Crippen LogP) is 4.89. The summed E-state index contributed by atoms with van der Waals surface area (Å²) in [5, 5.41) is 0. The number of halogens is 3. The normalized spacial score (nSPS) is 18.0. The molecule has 1 atom stereocenters. The number of alkyl halides is 3. The second-order valence-electron chi connectivity index (χ2n) is 5.98. The van der Waals surface area contributed by atoms with Gasteiger partial charge in [0.2, 0.25) is 0 Å². The Balaban J connectivity index is 2.48. The Hall–Kier alpha value is -1.88. The fourth-order valence-electron chi connectivity index (χ4n) is 2.75. The molecule has 0 radical (unpaired) electrons. The molecule has 0 saturated heterocycles. The lowest BCUT2D eigenvalue weighted by Crippen LogP contribution is -2.18. The molecule has 0 aromatic carbocycles. The summed E-state index contributed by atoms with van der Waals surface area (Å²) >= 11 is 0. The summed E-state index contributed by atoms with van der Waals surface area (Å²) in [5.74, 6) is 0. The van der Waals surface area contributed by atoms with E-state index in [0.29, 0.717) is 5.56 Å². The van der Waals surface area contributed by atoms with Crippen LogP contribution in [0.3, 0.4) is 0 Å². The molecule has 124 valence electrons. The Bertz CT molecular complexity index is 680. The van der Waals surface area contributed by atoms with Gasteiger partial charge in [0.25, 0.3) is 0 Å². The van der Waals surface area contributed by atoms with Gasteiger partial charge in [-0.15, -0.1) is 0 Å². The van der Waals surface area contributed by atoms with Crippen molar-refractivity contribution in [2.24, 2.45) is 5.73 Å². The first-order chi connectivity index (χ1) is 10.7. The fourth-order valence-corrected chi connectivity index (χ4v) is 2.75. The van der Waals surface area contributed by atoms with Crippen LogP contribution in [0.4, 0.5) is 13.2 Å². The van der Waals surface area contributed by atoms with Gasteiger partial charge in [-0.25, -0.2) is 0 Å². The molecule has 0 fully saturated rings. The molecular weight excluding hydrogens is 301 g/mol. The van der Waals surface area contributed by atoms with Crippen molar-refractivity contribution in [3.8, 4) is 0 Å². The number of hydrogen-bond donors (Lipinski definition) is 1. The maximum Gasteiger partial charge on any atom is 0.433 e. The number of allylic oxidation sites excluding steroid dienone is 4. The zero-order valence-electron chi connectivity index (χ0n) is 13.5. The molecule has 0 aliphatic heterocycles. The lowest BCUT2D eigenvalue weighted by molar-refractivity contribution is -0.141. The Morgan fingerprint density at radius 3 is 2.39 bits per heavy atom. The van der Waals surface area contributed by atoms with Crippen molar-refractivity contribution in [3.63, 3.8) is 0 Å². The molecule has 2 nitrogen and oxygen atoms in total. The SMILES string of the molecule is CC1=C(c2ccnc(C(F)(F)F)c2)C=CC([C@H](C)N)=C(C)CC1. The van der Waals surface area contributed by atoms with Crippen LogP contribution in [-0.2, 0) is 6.18 Å². The third-order valence-corrected chi connectivity index (χ3v) is 4.11. The topological polar surface area (TPSA) is 38.9 Å². The summed E-state index contributed by atoms with van der Waals surface area (Å²) < 4.78 is 38.6. The molecule has 1 aromatic heterocycles. The molecule has 1 aromatic rings. The van der Waals surface area contributed by atoms with E-state index in [1.165, 1.54) is 11.8 Å². The van der Waals surface area contributed by atoms with Crippen LogP contribution in [0.5, 0.6) is 0 Å². The maximum atomic E-state index is 12.9. The molecule has 1 heterocycles. The van der Waals surface area contributed by atoms with E-state index in [2.05, 4.69) is 11.9 Å². The van der Waals surface area contributed by atoms with Crippen LogP contribution in [0, 0.1) is 0 Å². The van der Waals surface area contributed by atoms with Crippen molar-refractivity contribution in [3.05, 3.63) is 58.5 Å². The van der Waals surface area contributed by atoms with Crippen LogP contribution in [-0.4, -0.2) is 11.0 Å². The minimum atomic E-state index is -4.44. The highest BCUT2D eigenvalue weighted by Gasteiger charge is 2.32. The number of pyridine rings is 1. The molecule has 0 unspecified atom stereocenters. The number of nitrogens with zero attached hydrogens (tertiary/aromatic N) is 1. The highest BCUT2D eigenvalue weighted by molar-refractivity contribution is 5.77. The molecule has 23 heavy (non-hydrogen) atoms. The Morgan fingerprint density at radius 1 is 1.13 bits per heavy atom. The highest BCUT2D eigenvalue weighted by atomic mass is 19.4. The quantitative estimate of drug-likeness (QED) is 0.842. The van der Waals surface area contributed by atoms with Gasteiger partial charge in [0.1, 0.15) is 5.69 Å². The molecule has 2 N–H and O–H groups in total. The molecule has 0 amide bonds. The Labute approximate surface area is 134 Å². The minimum Gasteiger partial charge on any atom is -0.324 e. The molecule has 1 aliphatic carbocycles. The summed E-state index contributed by atoms with van der Waals surface area (Å²) in [5.41, 5.74) is 9.79. The molecule has 2 rings (SSSR count). The highest BCUT2D eigenvalue weighted by Crippen LogP contribution is 2.32. The lowest BCUT2D eigenvalue weighted by atomic mass is 9.90. The fraction of sp³-hybridized carbons (Fsp3) is 0.389. The largest absolute Gasteiger partial charge is 0.433 e. The summed E-state index contributed by atoms with van der Waals surface area (Å²) in [6, 6.07) is 2.61. The van der Waals surface area contributed by atoms with Crippen molar-refractivity contribution in [1.29, 1.82) is 0 Å². The van der Waals surface area contributed by atoms with E-state index >= 15 is 0 Å². The zero-order valence-corrected chi connectivity index (χ0v) is 13.5. The first-order valence-electron chi connectivity index (χ1n) is 7.57. The average molecular weight is 322 g/mol. The number of rotatable bonds is 2. The maximum absolute atomic E-state index is 12.9. The second kappa shape index (κ2) is 6.71. The average Bonchev–Trinajstić information content (AvgIpc) is 2.46. The van der Waals surface area contributed by atoms with E-state index < -0.39 is 11.9 Å². The van der Waals surface area contributed by atoms with Gasteiger partial charge in [0.05, 0.1) is 0 Å². The van der Waals surface area contributed by atoms with Crippen LogP contribution in [0.2, 0.25) is 0 Å². The summed E-state index contributed by atoms with van der Waals surface area (Å²) in [7, 11) is 0. The van der Waals surface area contributed by atoms with Crippen LogP contribution in [0.15, 0.2) is 47.2 Å². The standard InChI is InChI=1S/C18H21F3N2/c1-11-4-5-12(2)16(7-6-15(11)13(3)22)14-8-9-23-17(10-14)18(19,20)21/h6-10,13H,4-5,22H2,1-3H3/t13-/m0/s1. The van der Waals surface area contributed by atoms with Crippen molar-refractivity contribution >= 4 is 5.57 Å². The molecule has 0 spiro atoms. The monoisotopic (exact) mass is 322 g/mol. The van der Waals surface area contributed by atoms with Gasteiger partial charge in [-0.05, 0) is 62.5 Å². The first-order valence-corrected chi connectivity index (χ1v) is 7.57. The zero-order chi connectivity index (χ0) is 17.2. The van der Waals surface area contributed by atoms with Crippen LogP contribution in [0.25, 0.3) is 5.57 Å². The van der Waals surface area contributed by atoms with E-state index in [-0.39, 0.29) is 6.04 Å². The van der Waals surface area contributed by atoms with Crippen LogP contribution in [0.1, 0.15) is 44.9 Å². The number of nitrogens with two attached hydrogens (primary N) is 1. The van der Waals surface area contributed by atoms with Gasteiger partial charge < -0.3 is 5.73 Å². The van der Waals surface area contributed by atoms with Crippen LogP contribution < -0.4 is 5.73 Å². The van der Waals surface area contributed by atoms with Gasteiger partial charge in [0, 0.05) is 12.2 Å². The third-order valence-electron chi connectivity index (χ3n) is 4.11. The van der Waals surface area contributed by atoms with Crippen LogP contribution >= 0.6 is 0 Å². The molecule has 0 bridgehead atoms. The predicted molar refractivity (Wildman–Crippen MR) is 86.6 cm³/mol. The summed E-state index contributed by atoms with van der Waals surface area (Å²) in [6.45, 7) is 5.92. The number of aromatic nitrogens is 1. The van der Waals surface area contributed by atoms with Crippen molar-refractivity contribution in [1.82, 2.24) is 4.98 Å². The minimum absolute atomic E-state index is 0.103. The molecule has 1 aliphatic rings. The Morgan fingerprint density at radius 2 is 1.78 bits per heavy atom. The smallest absolute Gasteiger partial charge is 0.324 e. The van der Waals surface area contributed by atoms with Gasteiger partial charge in [-0.1, -0.05) is 23.3 Å².